The number of ether oxygens (including phenoxy) is 1. The van der Waals surface area contributed by atoms with Crippen molar-refractivity contribution in [1.29, 1.82) is 0 Å². The number of aromatic nitrogens is 1. The molecule has 2 atom stereocenters. The van der Waals surface area contributed by atoms with Crippen LogP contribution in [0.3, 0.4) is 0 Å². The molecule has 2 unspecified atom stereocenters. The van der Waals surface area contributed by atoms with Crippen LogP contribution in [0.15, 0.2) is 70.9 Å². The molecule has 0 spiro atoms. The molecule has 188 valence electrons. The third kappa shape index (κ3) is 6.02. The number of aliphatic imine (C=N–C) groups is 2. The zero-order chi connectivity index (χ0) is 24.7. The van der Waals surface area contributed by atoms with Gasteiger partial charge in [-0.25, -0.2) is 4.98 Å². The summed E-state index contributed by atoms with van der Waals surface area (Å²) in [6, 6.07) is 13.6. The summed E-state index contributed by atoms with van der Waals surface area (Å²) in [7, 11) is 0. The fourth-order valence-electron chi connectivity index (χ4n) is 4.65. The van der Waals surface area contributed by atoms with Gasteiger partial charge in [-0.1, -0.05) is 35.9 Å². The number of morpholine rings is 1. The molecule has 4 heterocycles. The Morgan fingerprint density at radius 1 is 1.22 bits per heavy atom. The Morgan fingerprint density at radius 3 is 2.92 bits per heavy atom. The normalized spacial score (nSPS) is 21.8. The number of nitrogens with zero attached hydrogens (tertiary/aromatic N) is 4. The molecule has 1 fully saturated rings. The first-order valence-corrected chi connectivity index (χ1v) is 12.8. The fourth-order valence-corrected chi connectivity index (χ4v) is 4.85. The van der Waals surface area contributed by atoms with Gasteiger partial charge in [-0.15, -0.1) is 0 Å². The molecular weight excluding hydrogens is 474 g/mol. The van der Waals surface area contributed by atoms with E-state index in [1.54, 1.807) is 0 Å². The molecule has 5 rings (SSSR count). The maximum Gasteiger partial charge on any atom is 0.147 e. The minimum Gasteiger partial charge on any atom is -0.379 e. The fraction of sp³-hybridized carbons (Fsp3) is 0.370. The number of halogens is 1. The molecule has 1 aromatic carbocycles. The number of amidine groups is 1. The second-order valence-corrected chi connectivity index (χ2v) is 9.49. The van der Waals surface area contributed by atoms with Crippen molar-refractivity contribution in [3.63, 3.8) is 0 Å². The third-order valence-corrected chi connectivity index (χ3v) is 6.87. The zero-order valence-electron chi connectivity index (χ0n) is 20.2. The van der Waals surface area contributed by atoms with Crippen LogP contribution in [-0.4, -0.2) is 67.4 Å². The van der Waals surface area contributed by atoms with Gasteiger partial charge in [0.05, 0.1) is 37.2 Å². The number of rotatable bonds is 8. The van der Waals surface area contributed by atoms with Crippen LogP contribution in [0.4, 0.5) is 5.82 Å². The average Bonchev–Trinajstić information content (AvgIpc) is 3.06. The highest BCUT2D eigenvalue weighted by Crippen LogP contribution is 2.32. The number of hydrogen-bond acceptors (Lipinski definition) is 7. The van der Waals surface area contributed by atoms with Crippen LogP contribution < -0.4 is 16.4 Å². The van der Waals surface area contributed by atoms with Gasteiger partial charge in [0.15, 0.2) is 0 Å². The maximum absolute atomic E-state index is 6.18. The van der Waals surface area contributed by atoms with Gasteiger partial charge in [0.2, 0.25) is 0 Å². The van der Waals surface area contributed by atoms with E-state index in [4.69, 9.17) is 37.0 Å². The number of hydrogen-bond donors (Lipinski definition) is 3. The summed E-state index contributed by atoms with van der Waals surface area (Å²) in [6.07, 6.45) is 6.87. The number of allylic oxidation sites excluding steroid dienone is 2. The maximum atomic E-state index is 6.18. The van der Waals surface area contributed by atoms with Gasteiger partial charge in [-0.3, -0.25) is 14.9 Å². The van der Waals surface area contributed by atoms with Crippen LogP contribution in [0.1, 0.15) is 23.7 Å². The molecule has 0 aliphatic carbocycles. The van der Waals surface area contributed by atoms with Crippen LogP contribution in [0.5, 0.6) is 0 Å². The van der Waals surface area contributed by atoms with E-state index in [2.05, 4.69) is 21.6 Å². The van der Waals surface area contributed by atoms with Crippen LogP contribution in [0.2, 0.25) is 5.02 Å². The minimum absolute atomic E-state index is 0.0883. The summed E-state index contributed by atoms with van der Waals surface area (Å²) in [5.74, 6) is 1.80. The number of nitrogens with two attached hydrogens (primary N) is 1. The second-order valence-electron chi connectivity index (χ2n) is 9.05. The van der Waals surface area contributed by atoms with Crippen molar-refractivity contribution in [2.24, 2.45) is 21.6 Å². The van der Waals surface area contributed by atoms with Crippen LogP contribution in [0, 0.1) is 5.92 Å². The topological polar surface area (TPSA) is 100 Å². The van der Waals surface area contributed by atoms with Crippen molar-refractivity contribution >= 4 is 34.5 Å². The van der Waals surface area contributed by atoms with Crippen molar-refractivity contribution in [1.82, 2.24) is 15.2 Å². The highest BCUT2D eigenvalue weighted by atomic mass is 35.5. The molecule has 3 aliphatic heterocycles. The first kappa shape index (κ1) is 24.6. The molecule has 4 N–H and O–H groups in total. The first-order chi connectivity index (χ1) is 17.7. The van der Waals surface area contributed by atoms with Gasteiger partial charge in [0.25, 0.3) is 0 Å². The number of benzene rings is 1. The molecule has 2 bridgehead atoms. The van der Waals surface area contributed by atoms with Crippen molar-refractivity contribution in [2.45, 2.75) is 12.5 Å². The van der Waals surface area contributed by atoms with Crippen molar-refractivity contribution in [3.05, 3.63) is 77.2 Å². The van der Waals surface area contributed by atoms with E-state index in [0.717, 1.165) is 80.0 Å². The summed E-state index contributed by atoms with van der Waals surface area (Å²) >= 11 is 6.18. The molecule has 3 aliphatic rings. The highest BCUT2D eigenvalue weighted by Gasteiger charge is 2.25. The minimum atomic E-state index is -0.0883. The lowest BCUT2D eigenvalue weighted by Gasteiger charge is -2.25. The Balaban J connectivity index is 1.30. The SMILES string of the molecule is NCC(Nc1cccc(C2=CN=C3CC2C=CNC3=NCCN2CCOCC2)n1)c1cccc(Cl)c1. The summed E-state index contributed by atoms with van der Waals surface area (Å²) in [5, 5.41) is 7.48. The predicted molar refractivity (Wildman–Crippen MR) is 146 cm³/mol. The largest absolute Gasteiger partial charge is 0.379 e. The molecular formula is C27H32ClN7O. The van der Waals surface area contributed by atoms with Gasteiger partial charge in [0, 0.05) is 55.3 Å². The number of nitrogens with one attached hydrogen (secondary N) is 2. The Bertz CT molecular complexity index is 1190. The second kappa shape index (κ2) is 11.8. The first-order valence-electron chi connectivity index (χ1n) is 12.4. The summed E-state index contributed by atoms with van der Waals surface area (Å²) in [5.41, 5.74) is 10.0. The van der Waals surface area contributed by atoms with Gasteiger partial charge >= 0.3 is 0 Å². The molecule has 0 amide bonds. The quantitative estimate of drug-likeness (QED) is 0.507. The van der Waals surface area contributed by atoms with E-state index in [9.17, 15) is 0 Å². The van der Waals surface area contributed by atoms with Crippen LogP contribution >= 0.6 is 11.6 Å². The zero-order valence-corrected chi connectivity index (χ0v) is 21.0. The number of pyridine rings is 1. The standard InChI is InChI=1S/C27H32ClN7O/c28-21-4-1-3-20(15-21)25(17-29)34-26-6-2-5-23(33-26)22-18-32-24-16-19(22)7-8-30-27(24)31-9-10-35-11-13-36-14-12-35/h1-8,15,18-19,25H,9-14,16-17,29H2,(H,30,31)(H,33,34). The van der Waals surface area contributed by atoms with E-state index in [-0.39, 0.29) is 12.0 Å². The molecule has 0 radical (unpaired) electrons. The van der Waals surface area contributed by atoms with E-state index < -0.39 is 0 Å². The Morgan fingerprint density at radius 2 is 2.08 bits per heavy atom. The van der Waals surface area contributed by atoms with Crippen molar-refractivity contribution < 1.29 is 4.74 Å². The van der Waals surface area contributed by atoms with Gasteiger partial charge < -0.3 is 21.1 Å². The predicted octanol–water partition coefficient (Wildman–Crippen LogP) is 3.50. The molecule has 1 saturated heterocycles. The lowest BCUT2D eigenvalue weighted by molar-refractivity contribution is 0.0394. The van der Waals surface area contributed by atoms with E-state index in [1.165, 1.54) is 0 Å². The Kier molecular flexibility index (Phi) is 8.08. The van der Waals surface area contributed by atoms with Gasteiger partial charge in [-0.2, -0.15) is 0 Å². The average molecular weight is 506 g/mol. The molecule has 36 heavy (non-hydrogen) atoms. The van der Waals surface area contributed by atoms with Gasteiger partial charge in [-0.05, 0) is 36.0 Å². The van der Waals surface area contributed by atoms with E-state index in [1.807, 2.05) is 54.9 Å². The van der Waals surface area contributed by atoms with Crippen molar-refractivity contribution in [2.75, 3.05) is 51.3 Å². The van der Waals surface area contributed by atoms with Crippen molar-refractivity contribution in [3.8, 4) is 0 Å². The van der Waals surface area contributed by atoms with E-state index in [0.29, 0.717) is 11.6 Å². The summed E-state index contributed by atoms with van der Waals surface area (Å²) < 4.78 is 5.43. The van der Waals surface area contributed by atoms with E-state index >= 15 is 0 Å². The monoisotopic (exact) mass is 505 g/mol. The Labute approximate surface area is 217 Å². The molecule has 1 aromatic heterocycles. The lowest BCUT2D eigenvalue weighted by Crippen LogP contribution is -2.38. The van der Waals surface area contributed by atoms with Crippen LogP contribution in [-0.2, 0) is 4.74 Å². The van der Waals surface area contributed by atoms with Crippen LogP contribution in [0.25, 0.3) is 5.57 Å². The third-order valence-electron chi connectivity index (χ3n) is 6.64. The Hall–Kier alpha value is -3.04. The summed E-state index contributed by atoms with van der Waals surface area (Å²) in [6.45, 7) is 5.64. The number of anilines is 1. The summed E-state index contributed by atoms with van der Waals surface area (Å²) in [4.78, 5) is 16.9. The molecule has 9 heteroatoms. The molecule has 8 nitrogen and oxygen atoms in total. The number of fused-ring (bicyclic) bond motifs is 2. The molecule has 0 saturated carbocycles. The smallest absolute Gasteiger partial charge is 0.147 e. The lowest BCUT2D eigenvalue weighted by atomic mass is 9.89. The molecule has 2 aromatic rings. The highest BCUT2D eigenvalue weighted by molar-refractivity contribution is 6.42. The van der Waals surface area contributed by atoms with Gasteiger partial charge in [0.1, 0.15) is 11.7 Å².